The summed E-state index contributed by atoms with van der Waals surface area (Å²) in [6, 6.07) is 7.15. The molecule has 3 rings (SSSR count). The van der Waals surface area contributed by atoms with Gasteiger partial charge in [0.1, 0.15) is 0 Å². The summed E-state index contributed by atoms with van der Waals surface area (Å²) in [6.07, 6.45) is 2.47. The first-order valence-electron chi connectivity index (χ1n) is 5.57. The van der Waals surface area contributed by atoms with E-state index in [2.05, 4.69) is 28.8 Å². The molecule has 0 aliphatic carbocycles. The number of nitrogens with two attached hydrogens (primary N) is 1. The summed E-state index contributed by atoms with van der Waals surface area (Å²) >= 11 is 2.05. The van der Waals surface area contributed by atoms with E-state index in [4.69, 9.17) is 5.73 Å². The summed E-state index contributed by atoms with van der Waals surface area (Å²) in [5.74, 6) is 2.59. The highest BCUT2D eigenvalue weighted by Gasteiger charge is 2.28. The minimum absolute atomic E-state index is 0.776. The van der Waals surface area contributed by atoms with E-state index < -0.39 is 0 Å². The minimum atomic E-state index is 0.776. The number of hydrogen-bond donors (Lipinski definition) is 1. The van der Waals surface area contributed by atoms with E-state index in [9.17, 15) is 0 Å². The molecule has 0 amide bonds. The number of thioether (sulfide) groups is 1. The van der Waals surface area contributed by atoms with Gasteiger partial charge in [-0.25, -0.2) is 0 Å². The van der Waals surface area contributed by atoms with Crippen molar-refractivity contribution in [2.45, 2.75) is 18.9 Å². The normalized spacial score (nSPS) is 20.9. The second-order valence-corrected chi connectivity index (χ2v) is 5.45. The smallest absolute Gasteiger partial charge is 0.0470 e. The fourth-order valence-corrected chi connectivity index (χ4v) is 3.24. The van der Waals surface area contributed by atoms with Crippen LogP contribution in [0, 0.1) is 0 Å². The minimum Gasteiger partial charge on any atom is -0.399 e. The van der Waals surface area contributed by atoms with Crippen LogP contribution >= 0.6 is 11.8 Å². The molecule has 1 aromatic rings. The Bertz CT molecular complexity index is 374. The number of aryl methyl sites for hydroxylation is 1. The quantitative estimate of drug-likeness (QED) is 0.735. The van der Waals surface area contributed by atoms with E-state index in [-0.39, 0.29) is 0 Å². The van der Waals surface area contributed by atoms with Gasteiger partial charge in [0.15, 0.2) is 0 Å². The number of benzene rings is 1. The maximum atomic E-state index is 5.83. The molecule has 0 saturated carbocycles. The van der Waals surface area contributed by atoms with E-state index in [1.807, 2.05) is 6.07 Å². The summed E-state index contributed by atoms with van der Waals surface area (Å²) in [6.45, 7) is 1.22. The highest BCUT2D eigenvalue weighted by Crippen LogP contribution is 2.34. The van der Waals surface area contributed by atoms with Gasteiger partial charge in [-0.2, -0.15) is 11.8 Å². The molecule has 1 fully saturated rings. The van der Waals surface area contributed by atoms with Crippen LogP contribution in [0.4, 0.5) is 11.4 Å². The topological polar surface area (TPSA) is 29.3 Å². The Morgan fingerprint density at radius 1 is 1.33 bits per heavy atom. The van der Waals surface area contributed by atoms with Gasteiger partial charge in [-0.15, -0.1) is 0 Å². The van der Waals surface area contributed by atoms with Crippen LogP contribution in [0.25, 0.3) is 0 Å². The third kappa shape index (κ3) is 1.59. The molecular weight excluding hydrogens is 204 g/mol. The summed E-state index contributed by atoms with van der Waals surface area (Å²) < 4.78 is 0. The Balaban J connectivity index is 1.95. The van der Waals surface area contributed by atoms with Crippen LogP contribution in [0.2, 0.25) is 0 Å². The third-order valence-corrected chi connectivity index (χ3v) is 4.56. The Kier molecular flexibility index (Phi) is 2.28. The predicted octanol–water partition coefficient (Wildman–Crippen LogP) is 2.14. The summed E-state index contributed by atoms with van der Waals surface area (Å²) in [7, 11) is 0. The van der Waals surface area contributed by atoms with Crippen molar-refractivity contribution in [3.8, 4) is 0 Å². The molecule has 2 N–H and O–H groups in total. The lowest BCUT2D eigenvalue weighted by atomic mass is 10.00. The van der Waals surface area contributed by atoms with Crippen molar-refractivity contribution in [3.63, 3.8) is 0 Å². The van der Waals surface area contributed by atoms with Gasteiger partial charge in [0.2, 0.25) is 0 Å². The van der Waals surface area contributed by atoms with Gasteiger partial charge in [0.25, 0.3) is 0 Å². The van der Waals surface area contributed by atoms with Gasteiger partial charge >= 0.3 is 0 Å². The Hall–Kier alpha value is -0.830. The number of fused-ring (bicyclic) bond motifs is 1. The fraction of sp³-hybridized carbons (Fsp3) is 0.500. The standard InChI is InChI=1S/C12H16N2S/c13-10-3-4-12-9(6-10)2-1-5-14(12)11-7-15-8-11/h3-4,6,11H,1-2,5,7-8,13H2. The number of nitrogen functional groups attached to an aromatic ring is 1. The average Bonchev–Trinajstić information content (AvgIpc) is 2.15. The largest absolute Gasteiger partial charge is 0.399 e. The molecule has 0 spiro atoms. The molecule has 80 valence electrons. The number of rotatable bonds is 1. The molecule has 15 heavy (non-hydrogen) atoms. The number of anilines is 2. The van der Waals surface area contributed by atoms with Crippen molar-refractivity contribution in [2.24, 2.45) is 0 Å². The lowest BCUT2D eigenvalue weighted by Gasteiger charge is -2.42. The maximum absolute atomic E-state index is 5.83. The van der Waals surface area contributed by atoms with Gasteiger partial charge in [0, 0.05) is 35.5 Å². The average molecular weight is 220 g/mol. The van der Waals surface area contributed by atoms with Crippen molar-refractivity contribution in [1.82, 2.24) is 0 Å². The molecule has 0 unspecified atom stereocenters. The Morgan fingerprint density at radius 2 is 2.20 bits per heavy atom. The van der Waals surface area contributed by atoms with Crippen LogP contribution in [0.3, 0.4) is 0 Å². The summed E-state index contributed by atoms with van der Waals surface area (Å²) in [4.78, 5) is 2.58. The monoisotopic (exact) mass is 220 g/mol. The molecular formula is C12H16N2S. The van der Waals surface area contributed by atoms with Crippen LogP contribution in [0.15, 0.2) is 18.2 Å². The lowest BCUT2D eigenvalue weighted by molar-refractivity contribution is 0.621. The highest BCUT2D eigenvalue weighted by atomic mass is 32.2. The van der Waals surface area contributed by atoms with Crippen molar-refractivity contribution >= 4 is 23.1 Å². The van der Waals surface area contributed by atoms with Gasteiger partial charge in [0.05, 0.1) is 0 Å². The number of nitrogens with zero attached hydrogens (tertiary/aromatic N) is 1. The van der Waals surface area contributed by atoms with Crippen molar-refractivity contribution in [2.75, 3.05) is 28.7 Å². The van der Waals surface area contributed by atoms with E-state index in [0.29, 0.717) is 0 Å². The van der Waals surface area contributed by atoms with E-state index in [1.165, 1.54) is 42.1 Å². The van der Waals surface area contributed by atoms with Gasteiger partial charge in [-0.05, 0) is 36.6 Å². The van der Waals surface area contributed by atoms with Crippen LogP contribution in [-0.2, 0) is 6.42 Å². The zero-order valence-corrected chi connectivity index (χ0v) is 9.59. The van der Waals surface area contributed by atoms with Crippen LogP contribution in [0.1, 0.15) is 12.0 Å². The third-order valence-electron chi connectivity index (χ3n) is 3.32. The predicted molar refractivity (Wildman–Crippen MR) is 67.6 cm³/mol. The van der Waals surface area contributed by atoms with Crippen molar-refractivity contribution < 1.29 is 0 Å². The molecule has 2 aliphatic heterocycles. The molecule has 2 nitrogen and oxygen atoms in total. The molecule has 0 radical (unpaired) electrons. The molecule has 2 aliphatic rings. The first-order valence-corrected chi connectivity index (χ1v) is 6.73. The van der Waals surface area contributed by atoms with Crippen LogP contribution < -0.4 is 10.6 Å². The van der Waals surface area contributed by atoms with Gasteiger partial charge < -0.3 is 10.6 Å². The lowest BCUT2D eigenvalue weighted by Crippen LogP contribution is -2.46. The first-order chi connectivity index (χ1) is 7.34. The molecule has 1 aromatic carbocycles. The fourth-order valence-electron chi connectivity index (χ4n) is 2.43. The number of hydrogen-bond acceptors (Lipinski definition) is 3. The molecule has 2 heterocycles. The molecule has 0 aromatic heterocycles. The highest BCUT2D eigenvalue weighted by molar-refractivity contribution is 8.00. The van der Waals surface area contributed by atoms with Crippen LogP contribution in [-0.4, -0.2) is 24.1 Å². The van der Waals surface area contributed by atoms with Gasteiger partial charge in [-0.1, -0.05) is 0 Å². The van der Waals surface area contributed by atoms with Crippen LogP contribution in [0.5, 0.6) is 0 Å². The van der Waals surface area contributed by atoms with Crippen molar-refractivity contribution in [3.05, 3.63) is 23.8 Å². The SMILES string of the molecule is Nc1ccc2c(c1)CCCN2C1CSC1. The second kappa shape index (κ2) is 3.63. The second-order valence-electron chi connectivity index (χ2n) is 4.38. The Morgan fingerprint density at radius 3 is 2.93 bits per heavy atom. The first kappa shape index (κ1) is 9.40. The molecule has 0 atom stereocenters. The van der Waals surface area contributed by atoms with Gasteiger partial charge in [-0.3, -0.25) is 0 Å². The van der Waals surface area contributed by atoms with E-state index >= 15 is 0 Å². The maximum Gasteiger partial charge on any atom is 0.0470 e. The summed E-state index contributed by atoms with van der Waals surface area (Å²) in [5, 5.41) is 0. The molecule has 0 bridgehead atoms. The van der Waals surface area contributed by atoms with E-state index in [1.54, 1.807) is 0 Å². The van der Waals surface area contributed by atoms with Crippen molar-refractivity contribution in [1.29, 1.82) is 0 Å². The molecule has 3 heteroatoms. The van der Waals surface area contributed by atoms with E-state index in [0.717, 1.165) is 11.7 Å². The molecule has 1 saturated heterocycles. The summed E-state index contributed by atoms with van der Waals surface area (Å²) in [5.41, 5.74) is 9.60. The Labute approximate surface area is 94.8 Å². The zero-order chi connectivity index (χ0) is 10.3. The zero-order valence-electron chi connectivity index (χ0n) is 8.78.